The number of aliphatic hydroxyl groups excluding tert-OH is 1. The molecule has 0 fully saturated rings. The highest BCUT2D eigenvalue weighted by atomic mass is 79.9. The van der Waals surface area contributed by atoms with E-state index in [0.29, 0.717) is 0 Å². The van der Waals surface area contributed by atoms with Crippen LogP contribution in [0.2, 0.25) is 0 Å². The number of para-hydroxylation sites is 1. The minimum atomic E-state index is 0. The van der Waals surface area contributed by atoms with E-state index in [9.17, 15) is 5.11 Å². The second-order valence-corrected chi connectivity index (χ2v) is 11.7. The first-order valence-electron chi connectivity index (χ1n) is 16.8. The summed E-state index contributed by atoms with van der Waals surface area (Å²) < 4.78 is 0.809. The van der Waals surface area contributed by atoms with Gasteiger partial charge in [0.2, 0.25) is 5.84 Å². The molecule has 41 heavy (non-hydrogen) atoms. The average molecular weight is 631 g/mol. The highest BCUT2D eigenvalue weighted by molar-refractivity contribution is 5.78. The Morgan fingerprint density at radius 1 is 0.634 bits per heavy atom. The van der Waals surface area contributed by atoms with Crippen molar-refractivity contribution in [3.05, 3.63) is 55.0 Å². The van der Waals surface area contributed by atoms with Crippen LogP contribution in [0.25, 0.3) is 10.9 Å². The number of amidine groups is 1. The minimum absolute atomic E-state index is 0. The van der Waals surface area contributed by atoms with Crippen molar-refractivity contribution in [2.75, 3.05) is 19.7 Å². The SMILES string of the molecule is CCCCCCCCCCCCCCCCCCC1=NC=C[N+]1(CCO)CCCC.[Br-].c1ccc2ncccc2c1. The summed E-state index contributed by atoms with van der Waals surface area (Å²) in [6.45, 7) is 6.65. The molecular formula is C36H60BrN3O. The van der Waals surface area contributed by atoms with E-state index in [0.717, 1.165) is 29.5 Å². The van der Waals surface area contributed by atoms with E-state index in [2.05, 4.69) is 42.2 Å². The molecule has 1 aliphatic rings. The number of pyridine rings is 1. The van der Waals surface area contributed by atoms with Crippen LogP contribution < -0.4 is 17.0 Å². The van der Waals surface area contributed by atoms with Crippen LogP contribution in [0.15, 0.2) is 60.0 Å². The molecule has 0 saturated heterocycles. The summed E-state index contributed by atoms with van der Waals surface area (Å²) in [4.78, 5) is 8.85. The van der Waals surface area contributed by atoms with Gasteiger partial charge in [0, 0.05) is 18.0 Å². The smallest absolute Gasteiger partial charge is 0.207 e. The Labute approximate surface area is 263 Å². The van der Waals surface area contributed by atoms with Gasteiger partial charge in [-0.15, -0.1) is 0 Å². The molecule has 2 heterocycles. The maximum Gasteiger partial charge on any atom is 0.207 e. The number of hydrogen-bond donors (Lipinski definition) is 1. The summed E-state index contributed by atoms with van der Waals surface area (Å²) in [6.07, 6.45) is 32.1. The third kappa shape index (κ3) is 16.0. The van der Waals surface area contributed by atoms with Crippen LogP contribution in [0.1, 0.15) is 136 Å². The second-order valence-electron chi connectivity index (χ2n) is 11.7. The van der Waals surface area contributed by atoms with E-state index in [1.54, 1.807) is 0 Å². The van der Waals surface area contributed by atoms with Gasteiger partial charge >= 0.3 is 0 Å². The number of nitrogens with zero attached hydrogens (tertiary/aromatic N) is 3. The fraction of sp³-hybridized carbons (Fsp3) is 0.667. The van der Waals surface area contributed by atoms with Crippen LogP contribution in [0.3, 0.4) is 0 Å². The lowest BCUT2D eigenvalue weighted by Gasteiger charge is -2.32. The normalized spacial score (nSPS) is 15.8. The van der Waals surface area contributed by atoms with Crippen LogP contribution >= 0.6 is 0 Å². The third-order valence-corrected chi connectivity index (χ3v) is 8.27. The number of halogens is 1. The zero-order chi connectivity index (χ0) is 28.6. The number of hydrogen-bond acceptors (Lipinski definition) is 3. The first-order valence-corrected chi connectivity index (χ1v) is 16.8. The Hall–Kier alpha value is -1.56. The molecule has 3 rings (SSSR count). The standard InChI is InChI=1S/C27H53N2O.C9H7N.BrH/c1-3-5-7-8-9-10-11-12-13-14-15-16-17-18-19-20-21-27-28-22-24-29(27,25-26-30)23-6-4-2;1-2-6-9-8(4-1)5-3-7-10-9;/h22,24,30H,3-21,23,25-26H2,1-2H3;1-7H;1H/q+1;;/p-1. The van der Waals surface area contributed by atoms with Crippen molar-refractivity contribution >= 4 is 16.7 Å². The van der Waals surface area contributed by atoms with Crippen LogP contribution in [-0.4, -0.2) is 40.1 Å². The van der Waals surface area contributed by atoms with Crippen molar-refractivity contribution in [3.63, 3.8) is 0 Å². The van der Waals surface area contributed by atoms with Crippen molar-refractivity contribution in [1.82, 2.24) is 4.98 Å². The van der Waals surface area contributed by atoms with Gasteiger partial charge < -0.3 is 22.1 Å². The molecule has 1 N–H and O–H groups in total. The van der Waals surface area contributed by atoms with Gasteiger partial charge in [-0.05, 0) is 25.0 Å². The topological polar surface area (TPSA) is 45.5 Å². The van der Waals surface area contributed by atoms with Gasteiger partial charge in [-0.2, -0.15) is 0 Å². The van der Waals surface area contributed by atoms with Crippen molar-refractivity contribution in [3.8, 4) is 0 Å². The lowest BCUT2D eigenvalue weighted by molar-refractivity contribution is -0.788. The van der Waals surface area contributed by atoms with Crippen molar-refractivity contribution < 1.29 is 26.6 Å². The molecule has 232 valence electrons. The minimum Gasteiger partial charge on any atom is -1.00 e. The Morgan fingerprint density at radius 2 is 1.17 bits per heavy atom. The van der Waals surface area contributed by atoms with Gasteiger partial charge in [0.25, 0.3) is 0 Å². The third-order valence-electron chi connectivity index (χ3n) is 8.27. The number of benzene rings is 1. The number of rotatable bonds is 22. The van der Waals surface area contributed by atoms with Gasteiger partial charge in [0.1, 0.15) is 12.7 Å². The van der Waals surface area contributed by atoms with Crippen molar-refractivity contribution in [2.45, 2.75) is 136 Å². The van der Waals surface area contributed by atoms with E-state index in [-0.39, 0.29) is 23.6 Å². The molecule has 0 saturated carbocycles. The lowest BCUT2D eigenvalue weighted by Crippen LogP contribution is -3.00. The number of aromatic nitrogens is 1. The quantitative estimate of drug-likeness (QED) is 0.109. The van der Waals surface area contributed by atoms with Gasteiger partial charge in [0.15, 0.2) is 0 Å². The zero-order valence-electron chi connectivity index (χ0n) is 26.4. The van der Waals surface area contributed by atoms with Crippen LogP contribution in [0, 0.1) is 0 Å². The second kappa shape index (κ2) is 25.0. The zero-order valence-corrected chi connectivity index (χ0v) is 28.0. The molecule has 1 aliphatic heterocycles. The summed E-state index contributed by atoms with van der Waals surface area (Å²) >= 11 is 0. The molecule has 4 nitrogen and oxygen atoms in total. The molecule has 5 heteroatoms. The average Bonchev–Trinajstić information content (AvgIpc) is 3.38. The van der Waals surface area contributed by atoms with Gasteiger partial charge in [-0.1, -0.05) is 141 Å². The maximum absolute atomic E-state index is 9.52. The molecular weight excluding hydrogens is 570 g/mol. The van der Waals surface area contributed by atoms with Crippen molar-refractivity contribution in [2.24, 2.45) is 4.99 Å². The van der Waals surface area contributed by atoms with Gasteiger partial charge in [-0.25, -0.2) is 9.48 Å². The molecule has 1 aromatic carbocycles. The largest absolute Gasteiger partial charge is 1.00 e. The molecule has 0 radical (unpaired) electrons. The summed E-state index contributed by atoms with van der Waals surface area (Å²) in [5, 5.41) is 10.7. The lowest BCUT2D eigenvalue weighted by atomic mass is 10.0. The number of aliphatic hydroxyl groups is 1. The first kappa shape index (κ1) is 37.5. The Bertz CT molecular complexity index is 882. The highest BCUT2D eigenvalue weighted by Gasteiger charge is 2.33. The number of unbranched alkanes of at least 4 members (excludes halogenated alkanes) is 16. The molecule has 1 aromatic heterocycles. The summed E-state index contributed by atoms with van der Waals surface area (Å²) in [6, 6.07) is 12.1. The maximum atomic E-state index is 9.52. The Balaban J connectivity index is 0.000000632. The van der Waals surface area contributed by atoms with E-state index in [1.807, 2.05) is 36.7 Å². The molecule has 0 spiro atoms. The Kier molecular flexibility index (Phi) is 22.8. The molecule has 0 amide bonds. The number of quaternary nitrogens is 1. The van der Waals surface area contributed by atoms with E-state index in [1.165, 1.54) is 127 Å². The number of aliphatic imine (C=N–C) groups is 1. The van der Waals surface area contributed by atoms with Gasteiger partial charge in [0.05, 0.1) is 24.9 Å². The summed E-state index contributed by atoms with van der Waals surface area (Å²) in [5.41, 5.74) is 1.06. The van der Waals surface area contributed by atoms with Crippen LogP contribution in [0.5, 0.6) is 0 Å². The van der Waals surface area contributed by atoms with E-state index < -0.39 is 0 Å². The monoisotopic (exact) mass is 629 g/mol. The molecule has 0 aliphatic carbocycles. The molecule has 2 aromatic rings. The summed E-state index contributed by atoms with van der Waals surface area (Å²) in [7, 11) is 0. The predicted octanol–water partition coefficient (Wildman–Crippen LogP) is 7.37. The van der Waals surface area contributed by atoms with Crippen molar-refractivity contribution in [1.29, 1.82) is 0 Å². The molecule has 1 unspecified atom stereocenters. The van der Waals surface area contributed by atoms with E-state index >= 15 is 0 Å². The molecule has 0 bridgehead atoms. The Morgan fingerprint density at radius 3 is 1.73 bits per heavy atom. The highest BCUT2D eigenvalue weighted by Crippen LogP contribution is 2.22. The fourth-order valence-corrected chi connectivity index (χ4v) is 5.72. The van der Waals surface area contributed by atoms with E-state index in [4.69, 9.17) is 0 Å². The van der Waals surface area contributed by atoms with Gasteiger partial charge in [-0.3, -0.25) is 4.98 Å². The first-order chi connectivity index (χ1) is 19.8. The predicted molar refractivity (Wildman–Crippen MR) is 174 cm³/mol. The number of fused-ring (bicyclic) bond motifs is 1. The fourth-order valence-electron chi connectivity index (χ4n) is 5.72. The summed E-state index contributed by atoms with van der Waals surface area (Å²) in [5.74, 6) is 1.28. The van der Waals surface area contributed by atoms with Crippen LogP contribution in [0.4, 0.5) is 0 Å². The molecule has 1 atom stereocenters. The van der Waals surface area contributed by atoms with Crippen LogP contribution in [-0.2, 0) is 0 Å².